The van der Waals surface area contributed by atoms with Crippen LogP contribution in [0.5, 0.6) is 0 Å². The Hall–Kier alpha value is -1.46. The normalized spacial score (nSPS) is 24.5. The molecule has 1 aromatic carbocycles. The topological polar surface area (TPSA) is 61.8 Å². The molecule has 1 atom stereocenters. The van der Waals surface area contributed by atoms with Gasteiger partial charge in [0.25, 0.3) is 0 Å². The molecule has 0 aliphatic carbocycles. The number of thiocarbonyl (C=S) groups is 1. The van der Waals surface area contributed by atoms with Gasteiger partial charge in [0, 0.05) is 18.2 Å². The molecular weight excluding hydrogens is 210 g/mol. The Balaban J connectivity index is 2.39. The highest BCUT2D eigenvalue weighted by atomic mass is 32.1. The van der Waals surface area contributed by atoms with Crippen LogP contribution >= 0.6 is 12.2 Å². The molecule has 1 aliphatic rings. The Morgan fingerprint density at radius 1 is 1.47 bits per heavy atom. The highest BCUT2D eigenvalue weighted by Gasteiger charge is 2.40. The van der Waals surface area contributed by atoms with Crippen molar-refractivity contribution < 1.29 is 5.11 Å². The van der Waals surface area contributed by atoms with Gasteiger partial charge in [-0.05, 0) is 12.2 Å². The van der Waals surface area contributed by atoms with Crippen LogP contribution < -0.4 is 5.73 Å². The zero-order chi connectivity index (χ0) is 10.9. The zero-order valence-corrected chi connectivity index (χ0v) is 8.81. The predicted molar refractivity (Wildman–Crippen MR) is 62.1 cm³/mol. The van der Waals surface area contributed by atoms with E-state index in [-0.39, 0.29) is 5.11 Å². The van der Waals surface area contributed by atoms with Gasteiger partial charge in [0.15, 0.2) is 10.8 Å². The second-order valence-corrected chi connectivity index (χ2v) is 3.75. The van der Waals surface area contributed by atoms with Gasteiger partial charge in [-0.1, -0.05) is 30.3 Å². The molecule has 1 aromatic rings. The molecule has 2 rings (SSSR count). The minimum atomic E-state index is -1.23. The van der Waals surface area contributed by atoms with Gasteiger partial charge in [-0.2, -0.15) is 5.10 Å². The highest BCUT2D eigenvalue weighted by Crippen LogP contribution is 2.32. The zero-order valence-electron chi connectivity index (χ0n) is 8.00. The van der Waals surface area contributed by atoms with Crippen LogP contribution in [0.2, 0.25) is 0 Å². The monoisotopic (exact) mass is 221 g/mol. The van der Waals surface area contributed by atoms with Crippen LogP contribution in [-0.2, 0) is 5.72 Å². The highest BCUT2D eigenvalue weighted by molar-refractivity contribution is 7.80. The van der Waals surface area contributed by atoms with Crippen molar-refractivity contribution in [1.29, 1.82) is 0 Å². The minimum absolute atomic E-state index is 0.0649. The fraction of sp³-hybridized carbons (Fsp3) is 0.200. The third kappa shape index (κ3) is 1.60. The van der Waals surface area contributed by atoms with Crippen LogP contribution in [0.4, 0.5) is 0 Å². The molecule has 0 fully saturated rings. The molecule has 5 heteroatoms. The number of nitrogens with two attached hydrogens (primary N) is 1. The van der Waals surface area contributed by atoms with E-state index in [1.54, 1.807) is 6.21 Å². The SMILES string of the molecule is NC(=S)N1N=CC[C@]1(O)c1ccccc1. The summed E-state index contributed by atoms with van der Waals surface area (Å²) in [6.07, 6.45) is 1.99. The van der Waals surface area contributed by atoms with Gasteiger partial charge >= 0.3 is 0 Å². The van der Waals surface area contributed by atoms with Crippen molar-refractivity contribution in [3.05, 3.63) is 35.9 Å². The van der Waals surface area contributed by atoms with Gasteiger partial charge < -0.3 is 10.8 Å². The van der Waals surface area contributed by atoms with E-state index in [1.165, 1.54) is 5.01 Å². The van der Waals surface area contributed by atoms with Crippen LogP contribution in [0.15, 0.2) is 35.4 Å². The Bertz CT molecular complexity index is 406. The maximum Gasteiger partial charge on any atom is 0.192 e. The second kappa shape index (κ2) is 3.60. The molecule has 78 valence electrons. The number of hydrogen-bond donors (Lipinski definition) is 2. The van der Waals surface area contributed by atoms with Crippen molar-refractivity contribution >= 4 is 23.5 Å². The summed E-state index contributed by atoms with van der Waals surface area (Å²) < 4.78 is 0. The quantitative estimate of drug-likeness (QED) is 0.687. The maximum atomic E-state index is 10.4. The summed E-state index contributed by atoms with van der Waals surface area (Å²) in [5.41, 5.74) is 5.00. The van der Waals surface area contributed by atoms with Gasteiger partial charge in [-0.3, -0.25) is 0 Å². The molecule has 1 aliphatic heterocycles. The maximum absolute atomic E-state index is 10.4. The van der Waals surface area contributed by atoms with E-state index >= 15 is 0 Å². The predicted octanol–water partition coefficient (Wildman–Crippen LogP) is 0.767. The van der Waals surface area contributed by atoms with Gasteiger partial charge in [0.05, 0.1) is 0 Å². The number of nitrogens with zero attached hydrogens (tertiary/aromatic N) is 2. The Morgan fingerprint density at radius 2 is 2.13 bits per heavy atom. The molecule has 0 saturated carbocycles. The van der Waals surface area contributed by atoms with Crippen molar-refractivity contribution in [1.82, 2.24) is 5.01 Å². The fourth-order valence-corrected chi connectivity index (χ4v) is 1.81. The molecule has 0 bridgehead atoms. The van der Waals surface area contributed by atoms with E-state index in [2.05, 4.69) is 5.10 Å². The van der Waals surface area contributed by atoms with E-state index in [0.717, 1.165) is 5.56 Å². The molecule has 3 N–H and O–H groups in total. The van der Waals surface area contributed by atoms with Crippen molar-refractivity contribution in [3.63, 3.8) is 0 Å². The Kier molecular flexibility index (Phi) is 2.42. The van der Waals surface area contributed by atoms with E-state index in [9.17, 15) is 5.11 Å². The molecule has 1 heterocycles. The van der Waals surface area contributed by atoms with Gasteiger partial charge in [-0.25, -0.2) is 5.01 Å². The van der Waals surface area contributed by atoms with Crippen molar-refractivity contribution in [3.8, 4) is 0 Å². The summed E-state index contributed by atoms with van der Waals surface area (Å²) in [5, 5.41) is 15.7. The van der Waals surface area contributed by atoms with Crippen LogP contribution in [-0.4, -0.2) is 21.4 Å². The van der Waals surface area contributed by atoms with Crippen LogP contribution in [0.1, 0.15) is 12.0 Å². The van der Waals surface area contributed by atoms with Gasteiger partial charge in [-0.15, -0.1) is 0 Å². The van der Waals surface area contributed by atoms with E-state index < -0.39 is 5.72 Å². The van der Waals surface area contributed by atoms with E-state index in [1.807, 2.05) is 30.3 Å². The molecule has 4 nitrogen and oxygen atoms in total. The number of hydrazone groups is 1. The standard InChI is InChI=1S/C10H11N3OS/c11-9(15)13-10(14,6-7-12-13)8-4-2-1-3-5-8/h1-5,7,14H,6H2,(H2,11,15)/t10-/m0/s1. The van der Waals surface area contributed by atoms with E-state index in [0.29, 0.717) is 6.42 Å². The molecule has 0 saturated heterocycles. The lowest BCUT2D eigenvalue weighted by molar-refractivity contribution is -0.0563. The third-order valence-corrected chi connectivity index (χ3v) is 2.54. The molecule has 0 aromatic heterocycles. The first-order valence-corrected chi connectivity index (χ1v) is 4.95. The lowest BCUT2D eigenvalue weighted by Gasteiger charge is -2.31. The molecule has 15 heavy (non-hydrogen) atoms. The number of hydrogen-bond acceptors (Lipinski definition) is 3. The summed E-state index contributed by atoms with van der Waals surface area (Å²) in [4.78, 5) is 0. The lowest BCUT2D eigenvalue weighted by atomic mass is 10.0. The first-order valence-electron chi connectivity index (χ1n) is 4.54. The average molecular weight is 221 g/mol. The summed E-state index contributed by atoms with van der Waals surface area (Å²) >= 11 is 4.83. The van der Waals surface area contributed by atoms with Crippen molar-refractivity contribution in [2.75, 3.05) is 0 Å². The van der Waals surface area contributed by atoms with Crippen LogP contribution in [0, 0.1) is 0 Å². The summed E-state index contributed by atoms with van der Waals surface area (Å²) in [5.74, 6) is 0. The number of rotatable bonds is 1. The third-order valence-electron chi connectivity index (χ3n) is 2.37. The summed E-state index contributed by atoms with van der Waals surface area (Å²) in [6.45, 7) is 0. The Labute approximate surface area is 93.0 Å². The second-order valence-electron chi connectivity index (χ2n) is 3.33. The average Bonchev–Trinajstić information content (AvgIpc) is 2.63. The summed E-state index contributed by atoms with van der Waals surface area (Å²) in [7, 11) is 0. The molecule has 0 spiro atoms. The molecular formula is C10H11N3OS. The smallest absolute Gasteiger partial charge is 0.192 e. The van der Waals surface area contributed by atoms with Crippen LogP contribution in [0.3, 0.4) is 0 Å². The van der Waals surface area contributed by atoms with Gasteiger partial charge in [0.1, 0.15) is 0 Å². The Morgan fingerprint density at radius 3 is 2.73 bits per heavy atom. The summed E-state index contributed by atoms with van der Waals surface area (Å²) in [6, 6.07) is 9.22. The van der Waals surface area contributed by atoms with Crippen molar-refractivity contribution in [2.24, 2.45) is 10.8 Å². The van der Waals surface area contributed by atoms with Gasteiger partial charge in [0.2, 0.25) is 0 Å². The van der Waals surface area contributed by atoms with E-state index in [4.69, 9.17) is 18.0 Å². The molecule has 0 amide bonds. The lowest BCUT2D eigenvalue weighted by Crippen LogP contribution is -2.45. The molecule has 0 unspecified atom stereocenters. The first-order chi connectivity index (χ1) is 7.14. The largest absolute Gasteiger partial charge is 0.375 e. The minimum Gasteiger partial charge on any atom is -0.375 e. The first kappa shape index (κ1) is 10.1. The number of aliphatic hydroxyl groups is 1. The van der Waals surface area contributed by atoms with Crippen LogP contribution in [0.25, 0.3) is 0 Å². The number of benzene rings is 1. The van der Waals surface area contributed by atoms with Crippen molar-refractivity contribution in [2.45, 2.75) is 12.1 Å². The fourth-order valence-electron chi connectivity index (χ4n) is 1.62. The molecule has 0 radical (unpaired) electrons.